The second kappa shape index (κ2) is 10.7. The van der Waals surface area contributed by atoms with Gasteiger partial charge in [-0.25, -0.2) is 5.43 Å². The number of methoxy groups -OCH3 is 1. The molecule has 0 aliphatic carbocycles. The number of benzene rings is 3. The Kier molecular flexibility index (Phi) is 7.24. The molecule has 34 heavy (non-hydrogen) atoms. The van der Waals surface area contributed by atoms with E-state index in [1.807, 2.05) is 60.0 Å². The van der Waals surface area contributed by atoms with Crippen LogP contribution in [0.3, 0.4) is 0 Å². The van der Waals surface area contributed by atoms with Crippen molar-refractivity contribution in [2.75, 3.05) is 12.9 Å². The molecule has 0 atom stereocenters. The van der Waals surface area contributed by atoms with Crippen LogP contribution in [0.15, 0.2) is 83.1 Å². The first-order chi connectivity index (χ1) is 16.5. The van der Waals surface area contributed by atoms with Gasteiger partial charge in [-0.1, -0.05) is 42.0 Å². The molecule has 1 aromatic heterocycles. The van der Waals surface area contributed by atoms with Gasteiger partial charge in [-0.3, -0.25) is 4.79 Å². The third-order valence-electron chi connectivity index (χ3n) is 4.92. The number of aryl methyl sites for hydroxylation is 1. The number of nitrogens with one attached hydrogen (secondary N) is 2. The van der Waals surface area contributed by atoms with Crippen LogP contribution in [0.2, 0.25) is 0 Å². The topological polar surface area (TPSA) is 106 Å². The molecule has 0 saturated carbocycles. The molecule has 9 heteroatoms. The molecule has 2 N–H and O–H groups in total. The fourth-order valence-electron chi connectivity index (χ4n) is 3.21. The molecule has 3 aromatic carbocycles. The molecule has 0 bridgehead atoms. The summed E-state index contributed by atoms with van der Waals surface area (Å²) in [5, 5.41) is 23.5. The maximum absolute atomic E-state index is 12.3. The van der Waals surface area contributed by atoms with E-state index in [1.54, 1.807) is 19.2 Å². The number of aromatic nitrogens is 3. The molecule has 4 aromatic rings. The minimum Gasteiger partial charge on any atom is -0.872 e. The van der Waals surface area contributed by atoms with Gasteiger partial charge in [0.05, 0.1) is 29.7 Å². The van der Waals surface area contributed by atoms with E-state index in [1.165, 1.54) is 30.1 Å². The molecule has 8 nitrogen and oxygen atoms in total. The van der Waals surface area contributed by atoms with Crippen molar-refractivity contribution in [3.05, 3.63) is 83.9 Å². The van der Waals surface area contributed by atoms with Crippen molar-refractivity contribution in [3.63, 3.8) is 0 Å². The van der Waals surface area contributed by atoms with Crippen molar-refractivity contribution in [3.8, 4) is 28.6 Å². The van der Waals surface area contributed by atoms with E-state index in [-0.39, 0.29) is 17.4 Å². The molecule has 1 heterocycles. The molecule has 0 radical (unpaired) electrons. The second-order valence-corrected chi connectivity index (χ2v) is 8.35. The van der Waals surface area contributed by atoms with E-state index >= 15 is 0 Å². The van der Waals surface area contributed by atoms with Crippen molar-refractivity contribution in [2.45, 2.75) is 12.1 Å². The van der Waals surface area contributed by atoms with E-state index in [0.717, 1.165) is 28.4 Å². The maximum Gasteiger partial charge on any atom is 0.342 e. The normalized spacial score (nSPS) is 11.0. The highest BCUT2D eigenvalue weighted by Gasteiger charge is 2.24. The fraction of sp³-hybridized carbons (Fsp3) is 0.120. The van der Waals surface area contributed by atoms with Gasteiger partial charge in [0.1, 0.15) is 11.4 Å². The Morgan fingerprint density at radius 2 is 1.94 bits per heavy atom. The standard InChI is InChI=1S/C25H23N5O3S/c1-17-6-8-19(9-7-17)24-28-29-25(30(24)20-10-12-22(33-2)13-11-20)34-16-23(32)27-26-15-18-4-3-5-21(31)14-18/h3-15H,16H2,1-2H3,(H2,27,31,32). The van der Waals surface area contributed by atoms with Gasteiger partial charge in [0, 0.05) is 0 Å². The average Bonchev–Trinajstić information content (AvgIpc) is 3.27. The third kappa shape index (κ3) is 5.62. The predicted octanol–water partition coefficient (Wildman–Crippen LogP) is 2.99. The molecular weight excluding hydrogens is 450 g/mol. The molecule has 0 saturated heterocycles. The first-order valence-corrected chi connectivity index (χ1v) is 11.5. The minimum atomic E-state index is -0.291. The Morgan fingerprint density at radius 3 is 2.65 bits per heavy atom. The van der Waals surface area contributed by atoms with Crippen LogP contribution in [-0.4, -0.2) is 35.2 Å². The van der Waals surface area contributed by atoms with Gasteiger partial charge >= 0.3 is 5.16 Å². The molecule has 0 spiro atoms. The number of aromatic amines is 1. The SMILES string of the molecule is COc1ccc(-[n+]2c(SCC(=O)NN=Cc3cccc([O-])c3)n[nH]c2-c2ccc(C)cc2)cc1. The number of carbonyl (C=O) groups excluding carboxylic acids is 1. The highest BCUT2D eigenvalue weighted by atomic mass is 32.2. The Morgan fingerprint density at radius 1 is 1.18 bits per heavy atom. The number of amides is 1. The quantitative estimate of drug-likeness (QED) is 0.177. The lowest BCUT2D eigenvalue weighted by atomic mass is 10.1. The van der Waals surface area contributed by atoms with Crippen LogP contribution in [-0.2, 0) is 4.79 Å². The monoisotopic (exact) mass is 473 g/mol. The van der Waals surface area contributed by atoms with Crippen LogP contribution in [0.5, 0.6) is 11.5 Å². The van der Waals surface area contributed by atoms with Gasteiger partial charge in [0.25, 0.3) is 11.7 Å². The summed E-state index contributed by atoms with van der Waals surface area (Å²) in [4.78, 5) is 12.3. The number of hydrogen-bond acceptors (Lipinski definition) is 6. The van der Waals surface area contributed by atoms with Crippen molar-refractivity contribution < 1.29 is 19.2 Å². The lowest BCUT2D eigenvalue weighted by Gasteiger charge is -2.06. The van der Waals surface area contributed by atoms with Crippen molar-refractivity contribution in [2.24, 2.45) is 5.10 Å². The highest BCUT2D eigenvalue weighted by molar-refractivity contribution is 7.99. The summed E-state index contributed by atoms with van der Waals surface area (Å²) in [7, 11) is 1.62. The van der Waals surface area contributed by atoms with Crippen LogP contribution in [0.25, 0.3) is 17.1 Å². The maximum atomic E-state index is 12.3. The van der Waals surface area contributed by atoms with Gasteiger partial charge in [-0.15, -0.1) is 10.8 Å². The number of carbonyl (C=O) groups is 1. The summed E-state index contributed by atoms with van der Waals surface area (Å²) in [6.45, 7) is 2.04. The zero-order valence-electron chi connectivity index (χ0n) is 18.7. The molecule has 1 amide bonds. The van der Waals surface area contributed by atoms with Gasteiger partial charge in [0.2, 0.25) is 0 Å². The van der Waals surface area contributed by atoms with Crippen LogP contribution in [0, 0.1) is 6.92 Å². The number of H-pyrrole nitrogens is 1. The summed E-state index contributed by atoms with van der Waals surface area (Å²) in [5.41, 5.74) is 6.11. The zero-order chi connectivity index (χ0) is 23.9. The van der Waals surface area contributed by atoms with Crippen molar-refractivity contribution in [1.82, 2.24) is 15.6 Å². The highest BCUT2D eigenvalue weighted by Crippen LogP contribution is 2.22. The number of hydrogen-bond donors (Lipinski definition) is 2. The molecule has 0 unspecified atom stereocenters. The van der Waals surface area contributed by atoms with E-state index in [4.69, 9.17) is 4.74 Å². The zero-order valence-corrected chi connectivity index (χ0v) is 19.5. The van der Waals surface area contributed by atoms with E-state index in [0.29, 0.717) is 10.7 Å². The number of thioether (sulfide) groups is 1. The van der Waals surface area contributed by atoms with Crippen molar-refractivity contribution >= 4 is 23.9 Å². The van der Waals surface area contributed by atoms with Crippen LogP contribution >= 0.6 is 11.8 Å². The fourth-order valence-corrected chi connectivity index (χ4v) is 3.97. The van der Waals surface area contributed by atoms with Gasteiger partial charge in [0.15, 0.2) is 0 Å². The average molecular weight is 474 g/mol. The number of hydrazone groups is 1. The van der Waals surface area contributed by atoms with E-state index < -0.39 is 0 Å². The van der Waals surface area contributed by atoms with Gasteiger partial charge in [-0.05, 0) is 60.6 Å². The summed E-state index contributed by atoms with van der Waals surface area (Å²) >= 11 is 1.28. The summed E-state index contributed by atoms with van der Waals surface area (Å²) in [6.07, 6.45) is 1.44. The Bertz CT molecular complexity index is 1300. The van der Waals surface area contributed by atoms with Crippen LogP contribution in [0.1, 0.15) is 11.1 Å². The minimum absolute atomic E-state index is 0.104. The summed E-state index contributed by atoms with van der Waals surface area (Å²) in [6, 6.07) is 22.0. The molecule has 4 rings (SSSR count). The molecular formula is C25H23N5O3S. The first-order valence-electron chi connectivity index (χ1n) is 10.5. The second-order valence-electron chi connectivity index (χ2n) is 7.41. The lowest BCUT2D eigenvalue weighted by molar-refractivity contribution is -0.625. The van der Waals surface area contributed by atoms with Gasteiger partial charge in [-0.2, -0.15) is 9.67 Å². The smallest absolute Gasteiger partial charge is 0.342 e. The third-order valence-corrected chi connectivity index (χ3v) is 5.86. The molecule has 0 aliphatic heterocycles. The Labute approximate surface area is 201 Å². The predicted molar refractivity (Wildman–Crippen MR) is 129 cm³/mol. The largest absolute Gasteiger partial charge is 0.872 e. The first kappa shape index (κ1) is 23.1. The van der Waals surface area contributed by atoms with Gasteiger partial charge < -0.3 is 9.84 Å². The van der Waals surface area contributed by atoms with Crippen LogP contribution < -0.4 is 19.8 Å². The molecule has 0 aliphatic rings. The van der Waals surface area contributed by atoms with Crippen molar-refractivity contribution in [1.29, 1.82) is 0 Å². The molecule has 172 valence electrons. The number of nitrogens with zero attached hydrogens (tertiary/aromatic N) is 3. The lowest BCUT2D eigenvalue weighted by Crippen LogP contribution is -2.34. The van der Waals surface area contributed by atoms with Crippen LogP contribution in [0.4, 0.5) is 0 Å². The Balaban J connectivity index is 1.52. The number of rotatable bonds is 8. The molecule has 0 fully saturated rings. The number of ether oxygens (including phenoxy) is 1. The van der Waals surface area contributed by atoms with E-state index in [2.05, 4.69) is 20.7 Å². The summed E-state index contributed by atoms with van der Waals surface area (Å²) < 4.78 is 7.24. The summed E-state index contributed by atoms with van der Waals surface area (Å²) in [5.74, 6) is 1.24. The Hall–Kier alpha value is -4.11. The van der Waals surface area contributed by atoms with E-state index in [9.17, 15) is 9.90 Å².